The van der Waals surface area contributed by atoms with Crippen LogP contribution in [0, 0.1) is 5.41 Å². The van der Waals surface area contributed by atoms with Gasteiger partial charge in [-0.1, -0.05) is 44.0 Å². The maximum absolute atomic E-state index is 9.63. The molecule has 0 bridgehead atoms. The van der Waals surface area contributed by atoms with Gasteiger partial charge in [0.05, 0.1) is 0 Å². The monoisotopic (exact) mass is 261 g/mol. The average Bonchev–Trinajstić information content (AvgIpc) is 2.94. The van der Waals surface area contributed by atoms with E-state index in [4.69, 9.17) is 0 Å². The average molecular weight is 261 g/mol. The predicted octanol–water partition coefficient (Wildman–Crippen LogP) is 3.45. The zero-order valence-electron chi connectivity index (χ0n) is 12.3. The van der Waals surface area contributed by atoms with Gasteiger partial charge in [0.25, 0.3) is 0 Å². The maximum Gasteiger partial charge on any atom is 0.0499 e. The van der Waals surface area contributed by atoms with Crippen LogP contribution in [0.5, 0.6) is 0 Å². The maximum atomic E-state index is 9.63. The minimum atomic E-state index is 0.137. The fourth-order valence-electron chi connectivity index (χ4n) is 3.05. The van der Waals surface area contributed by atoms with Crippen molar-refractivity contribution in [2.24, 2.45) is 5.41 Å². The first kappa shape index (κ1) is 14.5. The summed E-state index contributed by atoms with van der Waals surface area (Å²) in [5.41, 5.74) is 2.86. The van der Waals surface area contributed by atoms with Crippen LogP contribution in [0.2, 0.25) is 0 Å². The smallest absolute Gasteiger partial charge is 0.0499 e. The second-order valence-electron chi connectivity index (χ2n) is 6.06. The second kappa shape index (κ2) is 6.53. The van der Waals surface area contributed by atoms with Crippen molar-refractivity contribution in [3.05, 3.63) is 35.4 Å². The van der Waals surface area contributed by atoms with Crippen molar-refractivity contribution in [3.63, 3.8) is 0 Å². The number of rotatable bonds is 6. The van der Waals surface area contributed by atoms with Crippen molar-refractivity contribution in [3.8, 4) is 0 Å². The molecule has 1 aromatic carbocycles. The summed E-state index contributed by atoms with van der Waals surface area (Å²) >= 11 is 0. The largest absolute Gasteiger partial charge is 0.396 e. The molecule has 2 N–H and O–H groups in total. The van der Waals surface area contributed by atoms with E-state index in [9.17, 15) is 5.11 Å². The SMILES string of the molecule is CCc1ccc(C(C)NCC2(CO)CCCC2)cc1. The van der Waals surface area contributed by atoms with Crippen LogP contribution < -0.4 is 5.32 Å². The molecule has 1 unspecified atom stereocenters. The second-order valence-corrected chi connectivity index (χ2v) is 6.06. The summed E-state index contributed by atoms with van der Waals surface area (Å²) < 4.78 is 0. The van der Waals surface area contributed by atoms with Gasteiger partial charge in [-0.15, -0.1) is 0 Å². The van der Waals surface area contributed by atoms with Gasteiger partial charge in [0.1, 0.15) is 0 Å². The molecular formula is C17H27NO. The summed E-state index contributed by atoms with van der Waals surface area (Å²) in [5.74, 6) is 0. The molecule has 0 heterocycles. The third-order valence-electron chi connectivity index (χ3n) is 4.67. The van der Waals surface area contributed by atoms with Crippen LogP contribution in [0.1, 0.15) is 56.7 Å². The number of hydrogen-bond donors (Lipinski definition) is 2. The quantitative estimate of drug-likeness (QED) is 0.822. The molecule has 0 radical (unpaired) electrons. The van der Waals surface area contributed by atoms with E-state index in [1.54, 1.807) is 0 Å². The molecule has 0 spiro atoms. The van der Waals surface area contributed by atoms with Crippen molar-refractivity contribution in [1.29, 1.82) is 0 Å². The molecular weight excluding hydrogens is 234 g/mol. The lowest BCUT2D eigenvalue weighted by Crippen LogP contribution is -2.36. The Hall–Kier alpha value is -0.860. The highest BCUT2D eigenvalue weighted by Crippen LogP contribution is 2.37. The predicted molar refractivity (Wildman–Crippen MR) is 80.2 cm³/mol. The Kier molecular flexibility index (Phi) is 5.00. The van der Waals surface area contributed by atoms with Gasteiger partial charge in [-0.25, -0.2) is 0 Å². The molecule has 19 heavy (non-hydrogen) atoms. The molecule has 1 aromatic rings. The lowest BCUT2D eigenvalue weighted by molar-refractivity contribution is 0.125. The zero-order chi connectivity index (χ0) is 13.7. The molecule has 1 aliphatic rings. The Bertz CT molecular complexity index is 379. The van der Waals surface area contributed by atoms with E-state index < -0.39 is 0 Å². The van der Waals surface area contributed by atoms with Crippen LogP contribution in [-0.4, -0.2) is 18.3 Å². The summed E-state index contributed by atoms with van der Waals surface area (Å²) in [6.45, 7) is 5.64. The molecule has 1 aliphatic carbocycles. The first-order chi connectivity index (χ1) is 9.19. The van der Waals surface area contributed by atoms with E-state index in [2.05, 4.69) is 43.4 Å². The number of benzene rings is 1. The number of nitrogens with one attached hydrogen (secondary N) is 1. The Morgan fingerprint density at radius 3 is 2.37 bits per heavy atom. The van der Waals surface area contributed by atoms with Gasteiger partial charge >= 0.3 is 0 Å². The number of aliphatic hydroxyl groups excluding tert-OH is 1. The van der Waals surface area contributed by atoms with Gasteiger partial charge < -0.3 is 10.4 Å². The fourth-order valence-corrected chi connectivity index (χ4v) is 3.05. The van der Waals surface area contributed by atoms with Crippen LogP contribution in [0.15, 0.2) is 24.3 Å². The van der Waals surface area contributed by atoms with Crippen molar-refractivity contribution in [2.45, 2.75) is 52.0 Å². The summed E-state index contributed by atoms with van der Waals surface area (Å²) in [6, 6.07) is 9.22. The molecule has 2 rings (SSSR count). The van der Waals surface area contributed by atoms with Gasteiger partial charge in [0.15, 0.2) is 0 Å². The lowest BCUT2D eigenvalue weighted by atomic mass is 9.87. The molecule has 2 heteroatoms. The Balaban J connectivity index is 1.91. The van der Waals surface area contributed by atoms with Crippen LogP contribution in [0.4, 0.5) is 0 Å². The van der Waals surface area contributed by atoms with Gasteiger partial charge in [0.2, 0.25) is 0 Å². The van der Waals surface area contributed by atoms with E-state index in [1.165, 1.54) is 24.0 Å². The van der Waals surface area contributed by atoms with E-state index >= 15 is 0 Å². The normalized spacial score (nSPS) is 19.5. The van der Waals surface area contributed by atoms with E-state index in [-0.39, 0.29) is 5.41 Å². The summed E-state index contributed by atoms with van der Waals surface area (Å²) in [4.78, 5) is 0. The minimum absolute atomic E-state index is 0.137. The van der Waals surface area contributed by atoms with Crippen molar-refractivity contribution >= 4 is 0 Å². The molecule has 1 saturated carbocycles. The highest BCUT2D eigenvalue weighted by Gasteiger charge is 2.33. The topological polar surface area (TPSA) is 32.3 Å². The molecule has 1 atom stereocenters. The third-order valence-corrected chi connectivity index (χ3v) is 4.67. The molecule has 0 aromatic heterocycles. The van der Waals surface area contributed by atoms with E-state index in [1.807, 2.05) is 0 Å². The minimum Gasteiger partial charge on any atom is -0.396 e. The van der Waals surface area contributed by atoms with Gasteiger partial charge in [-0.3, -0.25) is 0 Å². The Labute approximate surface area is 117 Å². The number of hydrogen-bond acceptors (Lipinski definition) is 2. The molecule has 2 nitrogen and oxygen atoms in total. The molecule has 106 valence electrons. The van der Waals surface area contributed by atoms with Crippen LogP contribution in [0.3, 0.4) is 0 Å². The lowest BCUT2D eigenvalue weighted by Gasteiger charge is -2.29. The Morgan fingerprint density at radius 2 is 1.84 bits per heavy atom. The van der Waals surface area contributed by atoms with E-state index in [0.717, 1.165) is 25.8 Å². The van der Waals surface area contributed by atoms with Gasteiger partial charge in [0, 0.05) is 24.6 Å². The summed E-state index contributed by atoms with van der Waals surface area (Å²) in [7, 11) is 0. The molecule has 0 aliphatic heterocycles. The Morgan fingerprint density at radius 1 is 1.21 bits per heavy atom. The number of aliphatic hydroxyl groups is 1. The van der Waals surface area contributed by atoms with Crippen LogP contribution in [0.25, 0.3) is 0 Å². The molecule has 0 saturated heterocycles. The van der Waals surface area contributed by atoms with Crippen LogP contribution >= 0.6 is 0 Å². The van der Waals surface area contributed by atoms with Crippen molar-refractivity contribution in [2.75, 3.05) is 13.2 Å². The number of aryl methyl sites for hydroxylation is 1. The summed E-state index contributed by atoms with van der Waals surface area (Å²) in [5, 5.41) is 13.2. The highest BCUT2D eigenvalue weighted by atomic mass is 16.3. The van der Waals surface area contributed by atoms with Crippen molar-refractivity contribution in [1.82, 2.24) is 5.32 Å². The third kappa shape index (κ3) is 3.58. The van der Waals surface area contributed by atoms with Crippen LogP contribution in [-0.2, 0) is 6.42 Å². The van der Waals surface area contributed by atoms with Gasteiger partial charge in [-0.05, 0) is 37.3 Å². The highest BCUT2D eigenvalue weighted by molar-refractivity contribution is 5.24. The molecule has 0 amide bonds. The van der Waals surface area contributed by atoms with Crippen molar-refractivity contribution < 1.29 is 5.11 Å². The van der Waals surface area contributed by atoms with E-state index in [0.29, 0.717) is 12.6 Å². The fraction of sp³-hybridized carbons (Fsp3) is 0.647. The standard InChI is InChI=1S/C17H27NO/c1-3-15-6-8-16(9-7-15)14(2)18-12-17(13-19)10-4-5-11-17/h6-9,14,18-19H,3-5,10-13H2,1-2H3. The first-order valence-corrected chi connectivity index (χ1v) is 7.62. The zero-order valence-corrected chi connectivity index (χ0v) is 12.3. The molecule has 1 fully saturated rings. The first-order valence-electron chi connectivity index (χ1n) is 7.62. The van der Waals surface area contributed by atoms with Gasteiger partial charge in [-0.2, -0.15) is 0 Å². The summed E-state index contributed by atoms with van der Waals surface area (Å²) in [6.07, 6.45) is 5.95.